The van der Waals surface area contributed by atoms with Gasteiger partial charge in [0.05, 0.1) is 29.9 Å². The molecule has 0 aromatic heterocycles. The lowest BCUT2D eigenvalue weighted by molar-refractivity contribution is -0.175. The summed E-state index contributed by atoms with van der Waals surface area (Å²) in [5.74, 6) is -1.58. The van der Waals surface area contributed by atoms with Crippen LogP contribution in [0.2, 0.25) is 0 Å². The first-order valence-electron chi connectivity index (χ1n) is 12.3. The number of halogens is 4. The Bertz CT molecular complexity index is 1030. The van der Waals surface area contributed by atoms with Crippen LogP contribution in [0.3, 0.4) is 0 Å². The summed E-state index contributed by atoms with van der Waals surface area (Å²) in [4.78, 5) is 26.7. The lowest BCUT2D eigenvalue weighted by Gasteiger charge is -2.41. The van der Waals surface area contributed by atoms with Gasteiger partial charge in [0.25, 0.3) is 0 Å². The minimum atomic E-state index is -4.73. The predicted molar refractivity (Wildman–Crippen MR) is 138 cm³/mol. The van der Waals surface area contributed by atoms with Crippen molar-refractivity contribution in [3.63, 3.8) is 0 Å². The second kappa shape index (κ2) is 13.3. The van der Waals surface area contributed by atoms with Crippen LogP contribution in [0.1, 0.15) is 37.7 Å². The van der Waals surface area contributed by atoms with E-state index in [9.17, 15) is 33.0 Å². The van der Waals surface area contributed by atoms with Gasteiger partial charge in [0, 0.05) is 24.5 Å². The average Bonchev–Trinajstić information content (AvgIpc) is 3.42. The van der Waals surface area contributed by atoms with Crippen LogP contribution in [0.5, 0.6) is 11.5 Å². The van der Waals surface area contributed by atoms with Crippen molar-refractivity contribution >= 4 is 34.4 Å². The number of aliphatic hydroxyl groups is 3. The molecule has 2 aliphatic carbocycles. The lowest BCUT2D eigenvalue weighted by atomic mass is 9.87. The minimum absolute atomic E-state index is 0.0195. The average molecular weight is 656 g/mol. The molecule has 4 N–H and O–H groups in total. The third kappa shape index (κ3) is 7.51. The zero-order valence-electron chi connectivity index (χ0n) is 20.8. The van der Waals surface area contributed by atoms with Crippen molar-refractivity contribution in [3.05, 3.63) is 32.9 Å². The summed E-state index contributed by atoms with van der Waals surface area (Å²) in [7, 11) is 1.37. The Morgan fingerprint density at radius 3 is 2.47 bits per heavy atom. The van der Waals surface area contributed by atoms with Crippen molar-refractivity contribution in [2.75, 3.05) is 26.8 Å². The Kier molecular flexibility index (Phi) is 10.7. The van der Waals surface area contributed by atoms with Crippen LogP contribution in [0.4, 0.5) is 13.2 Å². The highest BCUT2D eigenvalue weighted by atomic mass is 127. The van der Waals surface area contributed by atoms with Gasteiger partial charge >= 0.3 is 6.18 Å². The number of nitrogens with one attached hydrogen (secondary N) is 1. The second-order valence-corrected chi connectivity index (χ2v) is 10.5. The molecule has 1 saturated carbocycles. The lowest BCUT2D eigenvalue weighted by Crippen LogP contribution is -2.58. The van der Waals surface area contributed by atoms with Crippen molar-refractivity contribution in [3.8, 4) is 11.5 Å². The molecule has 0 aliphatic heterocycles. The zero-order valence-corrected chi connectivity index (χ0v) is 23.0. The van der Waals surface area contributed by atoms with Crippen LogP contribution >= 0.6 is 22.6 Å². The highest BCUT2D eigenvalue weighted by molar-refractivity contribution is 14.1. The van der Waals surface area contributed by atoms with Gasteiger partial charge in [0.15, 0.2) is 11.5 Å². The summed E-state index contributed by atoms with van der Waals surface area (Å²) in [6, 6.07) is 1.74. The van der Waals surface area contributed by atoms with E-state index >= 15 is 0 Å². The number of aliphatic hydroxyl groups excluding tert-OH is 3. The quantitative estimate of drug-likeness (QED) is 0.285. The normalized spacial score (nSPS) is 22.1. The van der Waals surface area contributed by atoms with Crippen LogP contribution in [-0.2, 0) is 16.2 Å². The highest BCUT2D eigenvalue weighted by Gasteiger charge is 2.46. The van der Waals surface area contributed by atoms with Crippen molar-refractivity contribution < 1.29 is 47.6 Å². The number of rotatable bonds is 10. The van der Waals surface area contributed by atoms with Crippen LogP contribution in [-0.4, -0.2) is 83.3 Å². The van der Waals surface area contributed by atoms with Gasteiger partial charge in [0.2, 0.25) is 11.8 Å². The Morgan fingerprint density at radius 1 is 1.21 bits per heavy atom. The van der Waals surface area contributed by atoms with Crippen molar-refractivity contribution in [1.29, 1.82) is 0 Å². The predicted octanol–water partition coefficient (Wildman–Crippen LogP) is 2.29. The van der Waals surface area contributed by atoms with Gasteiger partial charge in [-0.2, -0.15) is 13.2 Å². The molecule has 3 rings (SSSR count). The molecule has 212 valence electrons. The Balaban J connectivity index is 2.02. The van der Waals surface area contributed by atoms with Crippen LogP contribution < -0.4 is 14.8 Å². The molecule has 0 radical (unpaired) electrons. The molecule has 0 saturated heterocycles. The van der Waals surface area contributed by atoms with Gasteiger partial charge in [-0.1, -0.05) is 12.8 Å². The molecule has 9 nitrogen and oxygen atoms in total. The Hall–Kier alpha value is -2.10. The highest BCUT2D eigenvalue weighted by Crippen LogP contribution is 2.38. The number of alkyl halides is 3. The fourth-order valence-electron chi connectivity index (χ4n) is 4.85. The van der Waals surface area contributed by atoms with E-state index in [2.05, 4.69) is 5.32 Å². The largest absolute Gasteiger partial charge is 0.493 e. The van der Waals surface area contributed by atoms with Gasteiger partial charge in [-0.15, -0.1) is 0 Å². The number of benzene rings is 1. The van der Waals surface area contributed by atoms with E-state index in [-0.39, 0.29) is 43.3 Å². The molecule has 3 atom stereocenters. The summed E-state index contributed by atoms with van der Waals surface area (Å²) in [6.45, 7) is -2.28. The molecule has 1 aromatic rings. The molecule has 1 fully saturated rings. The van der Waals surface area contributed by atoms with Gasteiger partial charge in [-0.25, -0.2) is 0 Å². The molecular formula is C25H32F3IN2O7. The molecule has 0 spiro atoms. The first kappa shape index (κ1) is 30.4. The maximum absolute atomic E-state index is 13.7. The number of carbonyl (C=O) groups is 2. The molecule has 2 aliphatic rings. The summed E-state index contributed by atoms with van der Waals surface area (Å²) in [6.07, 6.45) is -4.28. The molecule has 13 heteroatoms. The topological polar surface area (TPSA) is 129 Å². The third-order valence-electron chi connectivity index (χ3n) is 6.68. The van der Waals surface area contributed by atoms with E-state index in [1.807, 2.05) is 22.6 Å². The smallest absolute Gasteiger partial charge is 0.406 e. The number of hydrogen-bond acceptors (Lipinski definition) is 7. The number of methoxy groups -OCH3 is 1. The number of hydrogen-bond donors (Lipinski definition) is 4. The Labute approximate surface area is 232 Å². The number of nitrogens with zero attached hydrogens (tertiary/aromatic N) is 1. The second-order valence-electron chi connectivity index (χ2n) is 9.35. The van der Waals surface area contributed by atoms with Gasteiger partial charge in [-0.05, 0) is 59.2 Å². The third-order valence-corrected chi connectivity index (χ3v) is 7.48. The first-order chi connectivity index (χ1) is 18.0. The molecule has 1 aromatic carbocycles. The molecule has 38 heavy (non-hydrogen) atoms. The number of ether oxygens (including phenoxy) is 2. The fraction of sp³-hybridized carbons (Fsp3) is 0.600. The summed E-state index contributed by atoms with van der Waals surface area (Å²) in [5, 5.41) is 32.3. The zero-order chi connectivity index (χ0) is 28.0. The monoisotopic (exact) mass is 656 g/mol. The van der Waals surface area contributed by atoms with E-state index in [1.165, 1.54) is 19.3 Å². The summed E-state index contributed by atoms with van der Waals surface area (Å²) < 4.78 is 52.9. The molecule has 2 amide bonds. The van der Waals surface area contributed by atoms with E-state index < -0.39 is 48.7 Å². The number of carbonyl (C=O) groups excluding carboxylic acids is 2. The standard InChI is InChI=1S/C25H32F3IN2O7/c1-37-20-9-14(12-33)8-17(29)22(20)38-19-11-16(23(35)30-6-7-32)10-18(21(19)34)31(13-25(26,27)28)24(36)15-4-2-3-5-15/h8-9,11,15,18-19,21,32-34H,2-7,10,12-13H2,1H3,(H,30,35)/t18-,19+,21+/m1/s1. The minimum Gasteiger partial charge on any atom is -0.493 e. The SMILES string of the molecule is COc1cc(CO)cc(I)c1O[C@H]1C=C(C(=O)NCCO)C[C@@H](N(CC(F)(F)F)C(=O)C2CCCC2)[C@@H]1O. The van der Waals surface area contributed by atoms with Crippen LogP contribution in [0.25, 0.3) is 0 Å². The van der Waals surface area contributed by atoms with Gasteiger partial charge in [0.1, 0.15) is 18.8 Å². The molecule has 0 bridgehead atoms. The van der Waals surface area contributed by atoms with E-state index in [4.69, 9.17) is 14.6 Å². The maximum atomic E-state index is 13.7. The van der Waals surface area contributed by atoms with E-state index in [0.717, 1.165) is 12.8 Å². The summed E-state index contributed by atoms with van der Waals surface area (Å²) in [5.41, 5.74) is 0.546. The van der Waals surface area contributed by atoms with Crippen molar-refractivity contribution in [2.45, 2.75) is 63.1 Å². The van der Waals surface area contributed by atoms with Crippen molar-refractivity contribution in [2.24, 2.45) is 5.92 Å². The maximum Gasteiger partial charge on any atom is 0.406 e. The van der Waals surface area contributed by atoms with Gasteiger partial charge in [-0.3, -0.25) is 9.59 Å². The van der Waals surface area contributed by atoms with E-state index in [1.54, 1.807) is 6.07 Å². The van der Waals surface area contributed by atoms with Crippen LogP contribution in [0.15, 0.2) is 23.8 Å². The fourth-order valence-corrected chi connectivity index (χ4v) is 5.65. The molecule has 0 unspecified atom stereocenters. The van der Waals surface area contributed by atoms with Crippen LogP contribution in [0, 0.1) is 9.49 Å². The van der Waals surface area contributed by atoms with Crippen molar-refractivity contribution in [1.82, 2.24) is 10.2 Å². The number of amides is 2. The van der Waals surface area contributed by atoms with E-state index in [0.29, 0.717) is 26.9 Å². The molecular weight excluding hydrogens is 624 g/mol. The summed E-state index contributed by atoms with van der Waals surface area (Å²) >= 11 is 1.93. The molecule has 0 heterocycles. The van der Waals surface area contributed by atoms with Gasteiger partial charge < -0.3 is 35.0 Å². The Morgan fingerprint density at radius 2 is 1.89 bits per heavy atom. The first-order valence-corrected chi connectivity index (χ1v) is 13.4.